The van der Waals surface area contributed by atoms with Crippen molar-refractivity contribution >= 4 is 13.8 Å². The van der Waals surface area contributed by atoms with E-state index >= 15 is 0 Å². The van der Waals surface area contributed by atoms with Crippen LogP contribution in [0.25, 0.3) is 0 Å². The van der Waals surface area contributed by atoms with Gasteiger partial charge in [0.25, 0.3) is 7.82 Å². The van der Waals surface area contributed by atoms with Crippen molar-refractivity contribution in [3.05, 3.63) is 36.5 Å². The minimum atomic E-state index is -4.51. The van der Waals surface area contributed by atoms with Gasteiger partial charge in [0.05, 0.1) is 34.4 Å². The summed E-state index contributed by atoms with van der Waals surface area (Å²) in [4.78, 5) is 24.7. The Morgan fingerprint density at radius 2 is 1.38 bits per heavy atom. The summed E-state index contributed by atoms with van der Waals surface area (Å²) in [6, 6.07) is 0. The third-order valence-electron chi connectivity index (χ3n) is 6.46. The second-order valence-electron chi connectivity index (χ2n) is 11.8. The number of nitrogens with zero attached hydrogens (tertiary/aromatic N) is 1. The number of hydrogen-bond acceptors (Lipinski definition) is 7. The highest BCUT2D eigenvalue weighted by molar-refractivity contribution is 7.45. The summed E-state index contributed by atoms with van der Waals surface area (Å²) in [6.45, 7) is 5.18. The Morgan fingerprint density at radius 3 is 2.05 bits per heavy atom. The first kappa shape index (κ1) is 40.7. The number of quaternary nitrogens is 1. The predicted octanol–water partition coefficient (Wildman–Crippen LogP) is 7.68. The zero-order valence-electron chi connectivity index (χ0n) is 27.4. The molecule has 0 heterocycles. The fourth-order valence-electron chi connectivity index (χ4n) is 3.91. The van der Waals surface area contributed by atoms with Gasteiger partial charge in [0.2, 0.25) is 0 Å². The topological polar surface area (TPSA) is 94.1 Å². The fourth-order valence-corrected chi connectivity index (χ4v) is 4.64. The minimum Gasteiger partial charge on any atom is -0.756 e. The number of allylic oxidation sites excluding steroid dienone is 6. The Kier molecular flexibility index (Phi) is 26.5. The average Bonchev–Trinajstić information content (AvgIpc) is 2.92. The predicted molar refractivity (Wildman–Crippen MR) is 171 cm³/mol. The summed E-state index contributed by atoms with van der Waals surface area (Å²) in [6.07, 6.45) is 27.3. The highest BCUT2D eigenvalue weighted by Gasteiger charge is 2.20. The van der Waals surface area contributed by atoms with E-state index in [1.165, 1.54) is 32.1 Å². The van der Waals surface area contributed by atoms with E-state index in [4.69, 9.17) is 18.5 Å². The molecule has 0 N–H and O–H groups in total. The molecule has 0 aliphatic heterocycles. The summed E-state index contributed by atoms with van der Waals surface area (Å²) >= 11 is 0. The van der Waals surface area contributed by atoms with Gasteiger partial charge in [-0.2, -0.15) is 0 Å². The number of carbonyl (C=O) groups is 1. The first-order valence-electron chi connectivity index (χ1n) is 16.2. The lowest BCUT2D eigenvalue weighted by Crippen LogP contribution is -2.37. The molecule has 0 rings (SSSR count). The molecule has 0 aromatic rings. The van der Waals surface area contributed by atoms with Crippen molar-refractivity contribution in [1.29, 1.82) is 0 Å². The summed E-state index contributed by atoms with van der Waals surface area (Å²) < 4.78 is 34.1. The van der Waals surface area contributed by atoms with Gasteiger partial charge >= 0.3 is 5.97 Å². The molecule has 246 valence electrons. The molecule has 8 nitrogen and oxygen atoms in total. The van der Waals surface area contributed by atoms with E-state index in [2.05, 4.69) is 50.3 Å². The molecule has 9 heteroatoms. The normalized spacial score (nSPS) is 14.7. The molecule has 0 saturated carbocycles. The number of unbranched alkanes of at least 4 members (excludes halogenated alkanes) is 9. The molecule has 0 aromatic heterocycles. The fraction of sp³-hybridized carbons (Fsp3) is 0.788. The molecule has 0 aliphatic carbocycles. The molecule has 0 radical (unpaired) electrons. The van der Waals surface area contributed by atoms with Crippen molar-refractivity contribution in [1.82, 2.24) is 0 Å². The second-order valence-corrected chi connectivity index (χ2v) is 13.2. The molecule has 0 saturated heterocycles. The van der Waals surface area contributed by atoms with E-state index in [0.717, 1.165) is 57.8 Å². The van der Waals surface area contributed by atoms with Gasteiger partial charge in [0.15, 0.2) is 0 Å². The van der Waals surface area contributed by atoms with Crippen LogP contribution < -0.4 is 4.89 Å². The van der Waals surface area contributed by atoms with E-state index in [1.54, 1.807) is 0 Å². The van der Waals surface area contributed by atoms with Gasteiger partial charge in [-0.1, -0.05) is 95.2 Å². The highest BCUT2D eigenvalue weighted by atomic mass is 31.2. The number of likely N-dealkylation sites (N-methyl/N-ethyl adjacent to an activating group) is 1. The number of hydrogen-bond donors (Lipinski definition) is 0. The van der Waals surface area contributed by atoms with Crippen molar-refractivity contribution in [3.63, 3.8) is 0 Å². The molecule has 0 bridgehead atoms. The van der Waals surface area contributed by atoms with Crippen LogP contribution in [0.1, 0.15) is 110 Å². The Hall–Kier alpha value is -1.28. The van der Waals surface area contributed by atoms with E-state index in [0.29, 0.717) is 17.6 Å². The number of esters is 1. The van der Waals surface area contributed by atoms with Crippen LogP contribution in [-0.2, 0) is 27.9 Å². The van der Waals surface area contributed by atoms with Crippen LogP contribution in [0.4, 0.5) is 0 Å². The summed E-state index contributed by atoms with van der Waals surface area (Å²) in [5.74, 6) is -0.368. The largest absolute Gasteiger partial charge is 0.756 e. The van der Waals surface area contributed by atoms with E-state index in [9.17, 15) is 14.3 Å². The molecule has 0 aromatic carbocycles. The molecule has 0 fully saturated rings. The molecular weight excluding hydrogens is 553 g/mol. The lowest BCUT2D eigenvalue weighted by molar-refractivity contribution is -0.870. The molecule has 2 atom stereocenters. The highest BCUT2D eigenvalue weighted by Crippen LogP contribution is 2.38. The summed E-state index contributed by atoms with van der Waals surface area (Å²) in [7, 11) is 1.33. The lowest BCUT2D eigenvalue weighted by Gasteiger charge is -2.28. The SMILES string of the molecule is CC/C=C\C/C=C\C/C=C\CCCCCC(=O)OC(COCCCCCCCCC)COP(=O)([O-])OCC[N+](C)(C)C. The molecule has 2 unspecified atom stereocenters. The van der Waals surface area contributed by atoms with Crippen molar-refractivity contribution < 1.29 is 37.3 Å². The standard InChI is InChI=1S/C33H62NO7P/c1-6-8-10-12-14-15-16-17-18-19-20-22-24-26-33(35)41-32(30-38-28-25-23-21-13-11-9-7-2)31-40-42(36,37)39-29-27-34(3,4)5/h8,10,14-15,17-18,32H,6-7,9,11-13,16,19-31H2,1-5H3/b10-8-,15-14-,18-17-. The molecule has 0 aliphatic rings. The first-order chi connectivity index (χ1) is 20.1. The van der Waals surface area contributed by atoms with Crippen LogP contribution in [0.2, 0.25) is 0 Å². The van der Waals surface area contributed by atoms with E-state index < -0.39 is 13.9 Å². The van der Waals surface area contributed by atoms with Gasteiger partial charge in [-0.15, -0.1) is 0 Å². The maximum Gasteiger partial charge on any atom is 0.306 e. The van der Waals surface area contributed by atoms with Gasteiger partial charge in [0.1, 0.15) is 19.3 Å². The third-order valence-corrected chi connectivity index (χ3v) is 7.42. The first-order valence-corrected chi connectivity index (χ1v) is 17.7. The molecular formula is C33H62NO7P. The summed E-state index contributed by atoms with van der Waals surface area (Å²) in [5.41, 5.74) is 0. The van der Waals surface area contributed by atoms with Gasteiger partial charge in [-0.25, -0.2) is 0 Å². The molecule has 0 amide bonds. The van der Waals surface area contributed by atoms with Gasteiger partial charge in [-0.05, 0) is 44.9 Å². The Morgan fingerprint density at radius 1 is 0.762 bits per heavy atom. The second kappa shape index (κ2) is 27.3. The smallest absolute Gasteiger partial charge is 0.306 e. The average molecular weight is 616 g/mol. The van der Waals surface area contributed by atoms with Crippen molar-refractivity contribution in [2.45, 2.75) is 116 Å². The van der Waals surface area contributed by atoms with Crippen molar-refractivity contribution in [3.8, 4) is 0 Å². The summed E-state index contributed by atoms with van der Waals surface area (Å²) in [5, 5.41) is 0. The number of ether oxygens (including phenoxy) is 2. The van der Waals surface area contributed by atoms with Crippen LogP contribution in [0.15, 0.2) is 36.5 Å². The third kappa shape index (κ3) is 30.2. The molecule has 0 spiro atoms. The van der Waals surface area contributed by atoms with Gasteiger partial charge in [-0.3, -0.25) is 9.36 Å². The molecule has 42 heavy (non-hydrogen) atoms. The van der Waals surface area contributed by atoms with E-state index in [1.807, 2.05) is 21.1 Å². The number of phosphoric ester groups is 1. The number of rotatable bonds is 29. The van der Waals surface area contributed by atoms with Gasteiger partial charge < -0.3 is 27.9 Å². The zero-order chi connectivity index (χ0) is 31.4. The van der Waals surface area contributed by atoms with Crippen molar-refractivity contribution in [2.24, 2.45) is 0 Å². The van der Waals surface area contributed by atoms with Crippen LogP contribution in [-0.4, -0.2) is 70.7 Å². The quantitative estimate of drug-likeness (QED) is 0.0280. The van der Waals surface area contributed by atoms with Gasteiger partial charge in [0, 0.05) is 13.0 Å². The maximum absolute atomic E-state index is 12.5. The minimum absolute atomic E-state index is 0.0199. The number of phosphoric acid groups is 1. The Bertz CT molecular complexity index is 777. The van der Waals surface area contributed by atoms with Crippen LogP contribution in [0.5, 0.6) is 0 Å². The Labute approximate surface area is 257 Å². The number of carbonyl (C=O) groups excluding carboxylic acids is 1. The van der Waals surface area contributed by atoms with Crippen molar-refractivity contribution in [2.75, 3.05) is 54.1 Å². The van der Waals surface area contributed by atoms with Crippen LogP contribution >= 0.6 is 7.82 Å². The lowest BCUT2D eigenvalue weighted by atomic mass is 10.1. The zero-order valence-corrected chi connectivity index (χ0v) is 28.3. The van der Waals surface area contributed by atoms with Crippen LogP contribution in [0.3, 0.4) is 0 Å². The van der Waals surface area contributed by atoms with Crippen LogP contribution in [0, 0.1) is 0 Å². The maximum atomic E-state index is 12.5. The monoisotopic (exact) mass is 615 g/mol. The van der Waals surface area contributed by atoms with E-state index in [-0.39, 0.29) is 32.2 Å². The Balaban J connectivity index is 4.41.